The Morgan fingerprint density at radius 1 is 1.30 bits per heavy atom. The van der Waals surface area contributed by atoms with E-state index >= 15 is 0 Å². The number of hydrogen-bond donors (Lipinski definition) is 1. The van der Waals surface area contributed by atoms with Crippen molar-refractivity contribution in [2.75, 3.05) is 11.9 Å². The number of urea groups is 1. The summed E-state index contributed by atoms with van der Waals surface area (Å²) < 4.78 is 1.53. The number of pyridine rings is 2. The van der Waals surface area contributed by atoms with E-state index in [1.807, 2.05) is 36.2 Å². The second-order valence-electron chi connectivity index (χ2n) is 6.78. The summed E-state index contributed by atoms with van der Waals surface area (Å²) in [5.41, 5.74) is 2.57. The SMILES string of the molecule is Cc1ccc(CN(CC2CC2)C(=O)Nc2cccnc2-n2cncn2)cn1. The maximum absolute atomic E-state index is 13.0. The molecule has 0 radical (unpaired) electrons. The van der Waals surface area contributed by atoms with E-state index < -0.39 is 0 Å². The van der Waals surface area contributed by atoms with Crippen molar-refractivity contribution in [3.05, 3.63) is 60.6 Å². The van der Waals surface area contributed by atoms with Crippen LogP contribution in [0.2, 0.25) is 0 Å². The number of anilines is 1. The second-order valence-corrected chi connectivity index (χ2v) is 6.78. The maximum atomic E-state index is 13.0. The number of aromatic nitrogens is 5. The van der Waals surface area contributed by atoms with E-state index in [4.69, 9.17) is 0 Å². The molecule has 8 heteroatoms. The van der Waals surface area contributed by atoms with E-state index in [2.05, 4.69) is 25.4 Å². The third-order valence-electron chi connectivity index (χ3n) is 4.47. The van der Waals surface area contributed by atoms with Gasteiger partial charge in [-0.25, -0.2) is 19.4 Å². The van der Waals surface area contributed by atoms with Crippen LogP contribution in [0.3, 0.4) is 0 Å². The molecule has 0 unspecified atom stereocenters. The first kappa shape index (κ1) is 17.1. The monoisotopic (exact) mass is 363 g/mol. The van der Waals surface area contributed by atoms with Crippen LogP contribution in [0.4, 0.5) is 10.5 Å². The molecule has 0 atom stereocenters. The molecule has 0 saturated heterocycles. The van der Waals surface area contributed by atoms with Crippen molar-refractivity contribution in [2.24, 2.45) is 5.92 Å². The number of carbonyl (C=O) groups excluding carboxylic acids is 1. The molecule has 0 spiro atoms. The van der Waals surface area contributed by atoms with Gasteiger partial charge in [0, 0.05) is 31.2 Å². The van der Waals surface area contributed by atoms with Gasteiger partial charge in [-0.2, -0.15) is 5.10 Å². The first-order valence-electron chi connectivity index (χ1n) is 8.96. The van der Waals surface area contributed by atoms with E-state index in [1.165, 1.54) is 23.9 Å². The molecule has 1 saturated carbocycles. The zero-order valence-electron chi connectivity index (χ0n) is 15.1. The summed E-state index contributed by atoms with van der Waals surface area (Å²) in [6.07, 6.45) is 8.82. The van der Waals surface area contributed by atoms with Gasteiger partial charge in [-0.1, -0.05) is 6.07 Å². The first-order valence-corrected chi connectivity index (χ1v) is 8.96. The third-order valence-corrected chi connectivity index (χ3v) is 4.47. The van der Waals surface area contributed by atoms with Crippen molar-refractivity contribution in [3.8, 4) is 5.82 Å². The number of aryl methyl sites for hydroxylation is 1. The summed E-state index contributed by atoms with van der Waals surface area (Å²) in [4.78, 5) is 27.4. The number of carbonyl (C=O) groups is 1. The Hall–Kier alpha value is -3.29. The standard InChI is InChI=1S/C19H21N7O/c1-14-4-5-16(9-22-14)11-25(10-15-6-7-15)19(27)24-17-3-2-8-21-18(17)26-13-20-12-23-26/h2-5,8-9,12-13,15H,6-7,10-11H2,1H3,(H,24,27). The smallest absolute Gasteiger partial charge is 0.320 e. The average molecular weight is 363 g/mol. The summed E-state index contributed by atoms with van der Waals surface area (Å²) in [6, 6.07) is 7.42. The summed E-state index contributed by atoms with van der Waals surface area (Å²) >= 11 is 0. The summed E-state index contributed by atoms with van der Waals surface area (Å²) in [5, 5.41) is 7.08. The van der Waals surface area contributed by atoms with Gasteiger partial charge in [0.25, 0.3) is 0 Å². The van der Waals surface area contributed by atoms with Crippen LogP contribution in [0, 0.1) is 12.8 Å². The fourth-order valence-corrected chi connectivity index (χ4v) is 2.83. The largest absolute Gasteiger partial charge is 0.322 e. The van der Waals surface area contributed by atoms with Crippen LogP contribution in [-0.4, -0.2) is 42.2 Å². The minimum Gasteiger partial charge on any atom is -0.320 e. The first-order chi connectivity index (χ1) is 13.2. The lowest BCUT2D eigenvalue weighted by Gasteiger charge is -2.23. The Morgan fingerprint density at radius 3 is 2.89 bits per heavy atom. The van der Waals surface area contributed by atoms with Gasteiger partial charge in [0.1, 0.15) is 12.7 Å². The fourth-order valence-electron chi connectivity index (χ4n) is 2.83. The minimum absolute atomic E-state index is 0.156. The summed E-state index contributed by atoms with van der Waals surface area (Å²) in [7, 11) is 0. The van der Waals surface area contributed by atoms with Crippen LogP contribution >= 0.6 is 0 Å². The molecule has 2 amide bonds. The molecule has 0 aromatic carbocycles. The highest BCUT2D eigenvalue weighted by molar-refractivity contribution is 5.91. The zero-order valence-corrected chi connectivity index (χ0v) is 15.1. The Kier molecular flexibility index (Phi) is 4.78. The normalized spacial score (nSPS) is 13.4. The van der Waals surface area contributed by atoms with Gasteiger partial charge >= 0.3 is 6.03 Å². The molecule has 8 nitrogen and oxygen atoms in total. The quantitative estimate of drug-likeness (QED) is 0.727. The molecule has 1 fully saturated rings. The van der Waals surface area contributed by atoms with E-state index in [0.29, 0.717) is 24.0 Å². The predicted octanol–water partition coefficient (Wildman–Crippen LogP) is 2.81. The molecule has 27 heavy (non-hydrogen) atoms. The number of nitrogens with zero attached hydrogens (tertiary/aromatic N) is 6. The number of nitrogens with one attached hydrogen (secondary N) is 1. The van der Waals surface area contributed by atoms with Crippen molar-refractivity contribution in [1.29, 1.82) is 0 Å². The maximum Gasteiger partial charge on any atom is 0.322 e. The van der Waals surface area contributed by atoms with Gasteiger partial charge in [0.05, 0.1) is 5.69 Å². The fraction of sp³-hybridized carbons (Fsp3) is 0.316. The van der Waals surface area contributed by atoms with Gasteiger partial charge in [-0.05, 0) is 49.4 Å². The van der Waals surface area contributed by atoms with E-state index in [0.717, 1.165) is 17.8 Å². The second kappa shape index (κ2) is 7.53. The van der Waals surface area contributed by atoms with Crippen LogP contribution < -0.4 is 5.32 Å². The molecular formula is C19H21N7O. The number of hydrogen-bond acceptors (Lipinski definition) is 5. The molecule has 138 valence electrons. The van der Waals surface area contributed by atoms with Crippen molar-refractivity contribution in [3.63, 3.8) is 0 Å². The van der Waals surface area contributed by atoms with Gasteiger partial charge in [0.15, 0.2) is 5.82 Å². The summed E-state index contributed by atoms with van der Waals surface area (Å²) in [5.74, 6) is 1.12. The van der Waals surface area contributed by atoms with Crippen molar-refractivity contribution in [1.82, 2.24) is 29.6 Å². The van der Waals surface area contributed by atoms with E-state index in [1.54, 1.807) is 18.6 Å². The summed E-state index contributed by atoms with van der Waals surface area (Å²) in [6.45, 7) is 3.21. The molecule has 3 aromatic rings. The topological polar surface area (TPSA) is 88.8 Å². The van der Waals surface area contributed by atoms with Gasteiger partial charge in [-0.3, -0.25) is 4.98 Å². The predicted molar refractivity (Wildman–Crippen MR) is 100 cm³/mol. The van der Waals surface area contributed by atoms with Crippen LogP contribution in [-0.2, 0) is 6.54 Å². The molecule has 3 heterocycles. The van der Waals surface area contributed by atoms with Crippen molar-refractivity contribution >= 4 is 11.7 Å². The Balaban J connectivity index is 1.53. The number of rotatable bonds is 6. The Morgan fingerprint density at radius 2 is 2.19 bits per heavy atom. The molecule has 1 aliphatic rings. The van der Waals surface area contributed by atoms with Gasteiger partial charge in [-0.15, -0.1) is 0 Å². The van der Waals surface area contributed by atoms with Gasteiger partial charge < -0.3 is 10.2 Å². The molecule has 1 N–H and O–H groups in total. The highest BCUT2D eigenvalue weighted by Gasteiger charge is 2.27. The molecule has 0 aliphatic heterocycles. The van der Waals surface area contributed by atoms with E-state index in [9.17, 15) is 4.79 Å². The lowest BCUT2D eigenvalue weighted by atomic mass is 10.2. The highest BCUT2D eigenvalue weighted by atomic mass is 16.2. The van der Waals surface area contributed by atoms with Crippen LogP contribution in [0.25, 0.3) is 5.82 Å². The third kappa shape index (κ3) is 4.28. The Bertz CT molecular complexity index is 904. The lowest BCUT2D eigenvalue weighted by Crippen LogP contribution is -2.36. The lowest BCUT2D eigenvalue weighted by molar-refractivity contribution is 0.206. The van der Waals surface area contributed by atoms with Crippen LogP contribution in [0.15, 0.2) is 49.3 Å². The average Bonchev–Trinajstić information content (AvgIpc) is 3.33. The molecule has 4 rings (SSSR count). The van der Waals surface area contributed by atoms with Crippen molar-refractivity contribution < 1.29 is 4.79 Å². The minimum atomic E-state index is -0.156. The molecule has 3 aromatic heterocycles. The zero-order chi connectivity index (χ0) is 18.6. The molecule has 0 bridgehead atoms. The van der Waals surface area contributed by atoms with Crippen molar-refractivity contribution in [2.45, 2.75) is 26.3 Å². The van der Waals surface area contributed by atoms with E-state index in [-0.39, 0.29) is 6.03 Å². The molecule has 1 aliphatic carbocycles. The van der Waals surface area contributed by atoms with Crippen LogP contribution in [0.1, 0.15) is 24.1 Å². The highest BCUT2D eigenvalue weighted by Crippen LogP contribution is 2.30. The van der Waals surface area contributed by atoms with Crippen LogP contribution in [0.5, 0.6) is 0 Å². The Labute approximate surface area is 157 Å². The number of amides is 2. The van der Waals surface area contributed by atoms with Gasteiger partial charge in [0.2, 0.25) is 0 Å². The molecular weight excluding hydrogens is 342 g/mol.